The molecule has 10 heteroatoms. The highest BCUT2D eigenvalue weighted by Crippen LogP contribution is 2.24. The molecule has 2 aromatic carbocycles. The summed E-state index contributed by atoms with van der Waals surface area (Å²) in [6.45, 7) is 0.0757. The SMILES string of the molecule is O=C(CCc1nc2cccnc2n1Cc1ccc(OC(F)(F)F)cc1)N[C@@H](CO)c1ccccc1. The van der Waals surface area contributed by atoms with Gasteiger partial charge in [-0.2, -0.15) is 0 Å². The lowest BCUT2D eigenvalue weighted by Crippen LogP contribution is -2.31. The van der Waals surface area contributed by atoms with E-state index in [1.165, 1.54) is 24.3 Å². The molecular weight excluding hydrogens is 461 g/mol. The fraction of sp³-hybridized carbons (Fsp3) is 0.240. The van der Waals surface area contributed by atoms with Gasteiger partial charge in [0.25, 0.3) is 0 Å². The number of benzene rings is 2. The number of imidazole rings is 1. The van der Waals surface area contributed by atoms with Crippen molar-refractivity contribution in [1.82, 2.24) is 19.9 Å². The predicted molar refractivity (Wildman–Crippen MR) is 122 cm³/mol. The van der Waals surface area contributed by atoms with Gasteiger partial charge in [0, 0.05) is 19.0 Å². The zero-order chi connectivity index (χ0) is 24.8. The van der Waals surface area contributed by atoms with E-state index in [1.807, 2.05) is 34.9 Å². The summed E-state index contributed by atoms with van der Waals surface area (Å²) in [4.78, 5) is 21.6. The van der Waals surface area contributed by atoms with Crippen molar-refractivity contribution in [2.75, 3.05) is 6.61 Å². The molecule has 0 aliphatic rings. The van der Waals surface area contributed by atoms with Crippen LogP contribution in [0.25, 0.3) is 11.2 Å². The molecule has 35 heavy (non-hydrogen) atoms. The fourth-order valence-corrected chi connectivity index (χ4v) is 3.75. The van der Waals surface area contributed by atoms with Gasteiger partial charge in [-0.05, 0) is 35.4 Å². The highest BCUT2D eigenvalue weighted by Gasteiger charge is 2.31. The molecule has 2 aromatic heterocycles. The van der Waals surface area contributed by atoms with Crippen LogP contribution in [0.2, 0.25) is 0 Å². The number of hydrogen-bond donors (Lipinski definition) is 2. The molecule has 0 aliphatic carbocycles. The van der Waals surface area contributed by atoms with Crippen LogP contribution >= 0.6 is 0 Å². The number of fused-ring (bicyclic) bond motifs is 1. The zero-order valence-corrected chi connectivity index (χ0v) is 18.6. The Morgan fingerprint density at radius 1 is 1.06 bits per heavy atom. The Balaban J connectivity index is 1.48. The number of nitrogens with one attached hydrogen (secondary N) is 1. The predicted octanol–water partition coefficient (Wildman–Crippen LogP) is 4.16. The summed E-state index contributed by atoms with van der Waals surface area (Å²) in [5, 5.41) is 12.5. The molecule has 0 radical (unpaired) electrons. The van der Waals surface area contributed by atoms with Gasteiger partial charge in [0.05, 0.1) is 19.2 Å². The second-order valence-electron chi connectivity index (χ2n) is 7.87. The topological polar surface area (TPSA) is 89.3 Å². The third-order valence-corrected chi connectivity index (χ3v) is 5.38. The molecular formula is C25H23F3N4O3. The first-order chi connectivity index (χ1) is 16.8. The molecule has 0 aliphatic heterocycles. The number of alkyl halides is 3. The number of amides is 1. The molecule has 0 fully saturated rings. The highest BCUT2D eigenvalue weighted by molar-refractivity contribution is 5.77. The maximum absolute atomic E-state index is 12.6. The lowest BCUT2D eigenvalue weighted by molar-refractivity contribution is -0.274. The van der Waals surface area contributed by atoms with Crippen molar-refractivity contribution >= 4 is 17.1 Å². The van der Waals surface area contributed by atoms with E-state index in [1.54, 1.807) is 18.3 Å². The number of carbonyl (C=O) groups excluding carboxylic acids is 1. The van der Waals surface area contributed by atoms with Crippen molar-refractivity contribution in [3.63, 3.8) is 0 Å². The third kappa shape index (κ3) is 6.36. The van der Waals surface area contributed by atoms with Crippen LogP contribution in [0, 0.1) is 0 Å². The minimum absolute atomic E-state index is 0.130. The van der Waals surface area contributed by atoms with Gasteiger partial charge < -0.3 is 19.7 Å². The van der Waals surface area contributed by atoms with Gasteiger partial charge in [-0.3, -0.25) is 4.79 Å². The van der Waals surface area contributed by atoms with E-state index in [4.69, 9.17) is 0 Å². The van der Waals surface area contributed by atoms with Crippen LogP contribution in [0.1, 0.15) is 29.4 Å². The first-order valence-electron chi connectivity index (χ1n) is 10.9. The second kappa shape index (κ2) is 10.6. The third-order valence-electron chi connectivity index (χ3n) is 5.38. The number of hydrogen-bond acceptors (Lipinski definition) is 5. The molecule has 4 aromatic rings. The maximum Gasteiger partial charge on any atom is 0.573 e. The molecule has 0 saturated carbocycles. The Hall–Kier alpha value is -3.92. The van der Waals surface area contributed by atoms with Crippen molar-refractivity contribution in [2.45, 2.75) is 31.8 Å². The summed E-state index contributed by atoms with van der Waals surface area (Å²) in [6, 6.07) is 17.8. The largest absolute Gasteiger partial charge is 0.573 e. The van der Waals surface area contributed by atoms with E-state index in [0.717, 1.165) is 11.1 Å². The van der Waals surface area contributed by atoms with Crippen LogP contribution in [-0.2, 0) is 17.8 Å². The molecule has 1 atom stereocenters. The number of halogens is 3. The highest BCUT2D eigenvalue weighted by atomic mass is 19.4. The van der Waals surface area contributed by atoms with E-state index in [-0.39, 0.29) is 24.7 Å². The summed E-state index contributed by atoms with van der Waals surface area (Å²) in [7, 11) is 0. The van der Waals surface area contributed by atoms with Gasteiger partial charge in [0.2, 0.25) is 5.91 Å². The molecule has 0 saturated heterocycles. The van der Waals surface area contributed by atoms with Gasteiger partial charge >= 0.3 is 6.36 Å². The minimum Gasteiger partial charge on any atom is -0.406 e. The average molecular weight is 484 g/mol. The summed E-state index contributed by atoms with van der Waals surface area (Å²) < 4.78 is 43.1. The normalized spacial score (nSPS) is 12.5. The van der Waals surface area contributed by atoms with Gasteiger partial charge in [-0.15, -0.1) is 13.2 Å². The summed E-state index contributed by atoms with van der Waals surface area (Å²) >= 11 is 0. The summed E-state index contributed by atoms with van der Waals surface area (Å²) in [5.41, 5.74) is 2.78. The smallest absolute Gasteiger partial charge is 0.406 e. The van der Waals surface area contributed by atoms with Crippen molar-refractivity contribution in [1.29, 1.82) is 0 Å². The molecule has 0 bridgehead atoms. The molecule has 2 N–H and O–H groups in total. The quantitative estimate of drug-likeness (QED) is 0.373. The van der Waals surface area contributed by atoms with Crippen molar-refractivity contribution < 1.29 is 27.8 Å². The Kier molecular flexibility index (Phi) is 7.31. The van der Waals surface area contributed by atoms with Crippen LogP contribution in [-0.4, -0.2) is 38.5 Å². The molecule has 0 spiro atoms. The van der Waals surface area contributed by atoms with Crippen molar-refractivity contribution in [3.05, 3.63) is 89.9 Å². The average Bonchev–Trinajstić information content (AvgIpc) is 3.19. The number of carbonyl (C=O) groups is 1. The number of ether oxygens (including phenoxy) is 1. The Labute approximate surface area is 199 Å². The monoisotopic (exact) mass is 484 g/mol. The summed E-state index contributed by atoms with van der Waals surface area (Å²) in [5.74, 6) is 0.0708. The molecule has 4 rings (SSSR count). The number of rotatable bonds is 9. The lowest BCUT2D eigenvalue weighted by Gasteiger charge is -2.17. The van der Waals surface area contributed by atoms with E-state index in [9.17, 15) is 23.1 Å². The van der Waals surface area contributed by atoms with Crippen LogP contribution < -0.4 is 10.1 Å². The van der Waals surface area contributed by atoms with Crippen molar-refractivity contribution in [3.8, 4) is 5.75 Å². The molecule has 7 nitrogen and oxygen atoms in total. The Morgan fingerprint density at radius 2 is 1.80 bits per heavy atom. The molecule has 1 amide bonds. The van der Waals surface area contributed by atoms with E-state index in [2.05, 4.69) is 20.0 Å². The van der Waals surface area contributed by atoms with Crippen LogP contribution in [0.4, 0.5) is 13.2 Å². The first kappa shape index (κ1) is 24.2. The van der Waals surface area contributed by atoms with E-state index >= 15 is 0 Å². The summed E-state index contributed by atoms with van der Waals surface area (Å²) in [6.07, 6.45) is -2.69. The fourth-order valence-electron chi connectivity index (χ4n) is 3.75. The number of aromatic nitrogens is 3. The number of aliphatic hydroxyl groups excluding tert-OH is 1. The van der Waals surface area contributed by atoms with E-state index < -0.39 is 12.4 Å². The Morgan fingerprint density at radius 3 is 2.49 bits per heavy atom. The van der Waals surface area contributed by atoms with Crippen LogP contribution in [0.15, 0.2) is 72.9 Å². The van der Waals surface area contributed by atoms with Gasteiger partial charge in [-0.1, -0.05) is 42.5 Å². The minimum atomic E-state index is -4.75. The zero-order valence-electron chi connectivity index (χ0n) is 18.6. The maximum atomic E-state index is 12.6. The number of aryl methyl sites for hydroxylation is 1. The molecule has 2 heterocycles. The van der Waals surface area contributed by atoms with Crippen molar-refractivity contribution in [2.24, 2.45) is 0 Å². The second-order valence-corrected chi connectivity index (χ2v) is 7.87. The lowest BCUT2D eigenvalue weighted by atomic mass is 10.1. The standard InChI is InChI=1S/C25H23F3N4O3/c26-25(27,28)35-19-10-8-17(9-11-19)15-32-22(30-20-7-4-14-29-24(20)32)12-13-23(34)31-21(16-33)18-5-2-1-3-6-18/h1-11,14,21,33H,12-13,15-16H2,(H,31,34)/t21-/m0/s1. The van der Waals surface area contributed by atoms with E-state index in [0.29, 0.717) is 30.0 Å². The molecule has 182 valence electrons. The number of aliphatic hydroxyl groups is 1. The van der Waals surface area contributed by atoms with Gasteiger partial charge in [0.15, 0.2) is 5.65 Å². The van der Waals surface area contributed by atoms with Crippen LogP contribution in [0.5, 0.6) is 5.75 Å². The molecule has 0 unspecified atom stereocenters. The number of pyridine rings is 1. The van der Waals surface area contributed by atoms with Crippen LogP contribution in [0.3, 0.4) is 0 Å². The van der Waals surface area contributed by atoms with Gasteiger partial charge in [0.1, 0.15) is 17.1 Å². The number of nitrogens with zero attached hydrogens (tertiary/aromatic N) is 3. The Bertz CT molecular complexity index is 1270. The van der Waals surface area contributed by atoms with Gasteiger partial charge in [-0.25, -0.2) is 9.97 Å². The first-order valence-corrected chi connectivity index (χ1v) is 10.9.